The lowest BCUT2D eigenvalue weighted by molar-refractivity contribution is 0.319. The first kappa shape index (κ1) is 5.76. The minimum Gasteiger partial charge on any atom is -0.325 e. The van der Waals surface area contributed by atoms with E-state index in [2.05, 4.69) is 0 Å². The molecule has 0 saturated carbocycles. The van der Waals surface area contributed by atoms with Gasteiger partial charge in [0.2, 0.25) is 0 Å². The minimum absolute atomic E-state index is 0.250. The lowest BCUT2D eigenvalue weighted by Gasteiger charge is -2.15. The van der Waals surface area contributed by atoms with Crippen LogP contribution in [0.2, 0.25) is 0 Å². The number of rotatable bonds is 0. The molecule has 2 N–H and O–H groups in total. The van der Waals surface area contributed by atoms with E-state index in [0.717, 1.165) is 12.8 Å². The van der Waals surface area contributed by atoms with E-state index < -0.39 is 6.17 Å². The average molecular weight is 115 g/mol. The van der Waals surface area contributed by atoms with Crippen molar-refractivity contribution in [3.8, 4) is 0 Å². The predicted octanol–water partition coefficient (Wildman–Crippen LogP) is 1.00. The van der Waals surface area contributed by atoms with Crippen LogP contribution in [0, 0.1) is 0 Å². The molecule has 46 valence electrons. The minimum atomic E-state index is -0.899. The third-order valence-corrected chi connectivity index (χ3v) is 1.40. The zero-order valence-electron chi connectivity index (χ0n) is 4.68. The summed E-state index contributed by atoms with van der Waals surface area (Å²) < 4.78 is 12.4. The van der Waals surface area contributed by atoms with Gasteiger partial charge in [0, 0.05) is 6.04 Å². The van der Waals surface area contributed by atoms with Gasteiger partial charge in [-0.15, -0.1) is 0 Å². The van der Waals surface area contributed by atoms with Crippen molar-refractivity contribution in [3.63, 3.8) is 0 Å². The molecule has 0 radical (unpaired) electrons. The molecule has 0 aromatic carbocycles. The van der Waals surface area contributed by atoms with E-state index in [1.165, 1.54) is 6.08 Å². The molecule has 0 aliphatic heterocycles. The van der Waals surface area contributed by atoms with Crippen molar-refractivity contribution in [1.29, 1.82) is 0 Å². The van der Waals surface area contributed by atoms with Gasteiger partial charge < -0.3 is 5.73 Å². The SMILES string of the molecule is N[C@H]1CCC=C[C@@H]1F. The summed E-state index contributed by atoms with van der Waals surface area (Å²) in [5.74, 6) is 0. The molecule has 2 atom stereocenters. The maximum atomic E-state index is 12.4. The Hall–Kier alpha value is -0.370. The number of allylic oxidation sites excluding steroid dienone is 1. The third-order valence-electron chi connectivity index (χ3n) is 1.40. The largest absolute Gasteiger partial charge is 0.325 e. The summed E-state index contributed by atoms with van der Waals surface area (Å²) in [6.45, 7) is 0. The molecule has 2 heteroatoms. The van der Waals surface area contributed by atoms with Gasteiger partial charge in [-0.25, -0.2) is 4.39 Å². The molecule has 1 aliphatic rings. The standard InChI is InChI=1S/C6H10FN/c7-5-3-1-2-4-6(5)8/h1,3,5-6H,2,4,8H2/t5-,6-/m0/s1. The Balaban J connectivity index is 2.47. The number of halogens is 1. The van der Waals surface area contributed by atoms with Crippen molar-refractivity contribution >= 4 is 0 Å². The lowest BCUT2D eigenvalue weighted by atomic mass is 10.0. The summed E-state index contributed by atoms with van der Waals surface area (Å²) in [4.78, 5) is 0. The zero-order chi connectivity index (χ0) is 5.98. The van der Waals surface area contributed by atoms with Crippen LogP contribution in [0.15, 0.2) is 12.2 Å². The zero-order valence-corrected chi connectivity index (χ0v) is 4.68. The van der Waals surface area contributed by atoms with E-state index in [1.807, 2.05) is 6.08 Å². The topological polar surface area (TPSA) is 26.0 Å². The highest BCUT2D eigenvalue weighted by Gasteiger charge is 2.15. The first-order valence-corrected chi connectivity index (χ1v) is 2.87. The maximum absolute atomic E-state index is 12.4. The number of nitrogens with two attached hydrogens (primary N) is 1. The van der Waals surface area contributed by atoms with Crippen molar-refractivity contribution in [2.75, 3.05) is 0 Å². The Morgan fingerprint density at radius 2 is 2.38 bits per heavy atom. The van der Waals surface area contributed by atoms with Gasteiger partial charge in [-0.2, -0.15) is 0 Å². The van der Waals surface area contributed by atoms with Crippen LogP contribution in [-0.2, 0) is 0 Å². The molecular weight excluding hydrogens is 105 g/mol. The van der Waals surface area contributed by atoms with E-state index in [9.17, 15) is 4.39 Å². The molecule has 1 aliphatic carbocycles. The number of hydrogen-bond acceptors (Lipinski definition) is 1. The maximum Gasteiger partial charge on any atom is 0.133 e. The van der Waals surface area contributed by atoms with Crippen LogP contribution in [0.1, 0.15) is 12.8 Å². The predicted molar refractivity (Wildman–Crippen MR) is 31.2 cm³/mol. The van der Waals surface area contributed by atoms with Gasteiger partial charge in [0.05, 0.1) is 0 Å². The molecule has 0 heterocycles. The van der Waals surface area contributed by atoms with Gasteiger partial charge in [-0.1, -0.05) is 12.2 Å². The fourth-order valence-electron chi connectivity index (χ4n) is 0.817. The van der Waals surface area contributed by atoms with E-state index in [1.54, 1.807) is 0 Å². The monoisotopic (exact) mass is 115 g/mol. The fraction of sp³-hybridized carbons (Fsp3) is 0.667. The Bertz CT molecular complexity index is 101. The van der Waals surface area contributed by atoms with Gasteiger partial charge in [-0.3, -0.25) is 0 Å². The molecule has 0 unspecified atom stereocenters. The Kier molecular flexibility index (Phi) is 1.63. The van der Waals surface area contributed by atoms with Gasteiger partial charge in [0.25, 0.3) is 0 Å². The molecule has 8 heavy (non-hydrogen) atoms. The van der Waals surface area contributed by atoms with Crippen LogP contribution in [-0.4, -0.2) is 12.2 Å². The van der Waals surface area contributed by atoms with E-state index in [4.69, 9.17) is 5.73 Å². The molecule has 0 amide bonds. The van der Waals surface area contributed by atoms with Gasteiger partial charge in [-0.05, 0) is 12.8 Å². The van der Waals surface area contributed by atoms with Gasteiger partial charge >= 0.3 is 0 Å². The van der Waals surface area contributed by atoms with E-state index in [0.29, 0.717) is 0 Å². The highest BCUT2D eigenvalue weighted by atomic mass is 19.1. The Labute approximate surface area is 48.4 Å². The summed E-state index contributed by atoms with van der Waals surface area (Å²) in [5.41, 5.74) is 5.35. The smallest absolute Gasteiger partial charge is 0.133 e. The summed E-state index contributed by atoms with van der Waals surface area (Å²) >= 11 is 0. The molecule has 0 spiro atoms. The number of hydrogen-bond donors (Lipinski definition) is 1. The summed E-state index contributed by atoms with van der Waals surface area (Å²) in [7, 11) is 0. The quantitative estimate of drug-likeness (QED) is 0.468. The summed E-state index contributed by atoms with van der Waals surface area (Å²) in [5, 5.41) is 0. The first-order chi connectivity index (χ1) is 3.80. The van der Waals surface area contributed by atoms with Crippen LogP contribution in [0.4, 0.5) is 4.39 Å². The third kappa shape index (κ3) is 1.07. The van der Waals surface area contributed by atoms with Crippen LogP contribution in [0.5, 0.6) is 0 Å². The normalized spacial score (nSPS) is 37.8. The summed E-state index contributed by atoms with van der Waals surface area (Å²) in [6.07, 6.45) is 4.20. The Morgan fingerprint density at radius 3 is 2.75 bits per heavy atom. The molecule has 0 fully saturated rings. The Morgan fingerprint density at radius 1 is 1.62 bits per heavy atom. The second-order valence-corrected chi connectivity index (χ2v) is 2.11. The van der Waals surface area contributed by atoms with Crippen molar-refractivity contribution in [3.05, 3.63) is 12.2 Å². The second-order valence-electron chi connectivity index (χ2n) is 2.11. The highest BCUT2D eigenvalue weighted by molar-refractivity contribution is 4.99. The van der Waals surface area contributed by atoms with Crippen LogP contribution in [0.25, 0.3) is 0 Å². The van der Waals surface area contributed by atoms with Gasteiger partial charge in [0.1, 0.15) is 6.17 Å². The first-order valence-electron chi connectivity index (χ1n) is 2.87. The molecule has 0 bridgehead atoms. The van der Waals surface area contributed by atoms with Gasteiger partial charge in [0.15, 0.2) is 0 Å². The molecule has 1 rings (SSSR count). The molecule has 0 saturated heterocycles. The number of alkyl halides is 1. The molecule has 1 nitrogen and oxygen atoms in total. The second kappa shape index (κ2) is 2.27. The van der Waals surface area contributed by atoms with E-state index >= 15 is 0 Å². The molecule has 0 aromatic rings. The lowest BCUT2D eigenvalue weighted by Crippen LogP contribution is -2.31. The van der Waals surface area contributed by atoms with Crippen molar-refractivity contribution in [2.45, 2.75) is 25.1 Å². The molecular formula is C6H10FN. The summed E-state index contributed by atoms with van der Waals surface area (Å²) in [6, 6.07) is -0.250. The van der Waals surface area contributed by atoms with E-state index in [-0.39, 0.29) is 6.04 Å². The van der Waals surface area contributed by atoms with Crippen LogP contribution >= 0.6 is 0 Å². The van der Waals surface area contributed by atoms with Crippen molar-refractivity contribution in [2.24, 2.45) is 5.73 Å². The van der Waals surface area contributed by atoms with Crippen LogP contribution < -0.4 is 5.73 Å². The van der Waals surface area contributed by atoms with Crippen molar-refractivity contribution in [1.82, 2.24) is 0 Å². The molecule has 0 aromatic heterocycles. The average Bonchev–Trinajstić information content (AvgIpc) is 1.77. The van der Waals surface area contributed by atoms with Crippen molar-refractivity contribution < 1.29 is 4.39 Å². The fourth-order valence-corrected chi connectivity index (χ4v) is 0.817. The van der Waals surface area contributed by atoms with Crippen LogP contribution in [0.3, 0.4) is 0 Å². The highest BCUT2D eigenvalue weighted by Crippen LogP contribution is 2.11.